The lowest BCUT2D eigenvalue weighted by molar-refractivity contribution is 1.70. The van der Waals surface area contributed by atoms with Gasteiger partial charge in [0.15, 0.2) is 0 Å². The average Bonchev–Trinajstić information content (AvgIpc) is 3.12. The minimum Gasteiger partial charge on any atom is -0.135 e. The van der Waals surface area contributed by atoms with E-state index in [1.54, 1.807) is 0 Å². The average molecular weight is 320 g/mol. The molecule has 0 aliphatic heterocycles. The van der Waals surface area contributed by atoms with Gasteiger partial charge in [-0.15, -0.1) is 11.3 Å². The standard InChI is InChI=1S/C22H13BS/c23-12-8-9-16-19(10-12)24-20-11-18-14-5-2-1-4-13(14)15-6-3-7-17(21(15)18)22(16)20/h1-11H,23H2. The van der Waals surface area contributed by atoms with Crippen LogP contribution < -0.4 is 5.46 Å². The molecular formula is C22H13BS. The summed E-state index contributed by atoms with van der Waals surface area (Å²) in [4.78, 5) is 0. The zero-order chi connectivity index (χ0) is 15.8. The van der Waals surface area contributed by atoms with E-state index in [1.165, 1.54) is 58.7 Å². The predicted molar refractivity (Wildman–Crippen MR) is 109 cm³/mol. The van der Waals surface area contributed by atoms with Crippen LogP contribution in [0.1, 0.15) is 0 Å². The highest BCUT2D eigenvalue weighted by Gasteiger charge is 2.23. The molecule has 0 nitrogen and oxygen atoms in total. The molecule has 0 saturated carbocycles. The van der Waals surface area contributed by atoms with Gasteiger partial charge in [0.1, 0.15) is 7.85 Å². The number of hydrogen-bond acceptors (Lipinski definition) is 1. The Kier molecular flexibility index (Phi) is 2.28. The largest absolute Gasteiger partial charge is 0.139 e. The Morgan fingerprint density at radius 3 is 2.25 bits per heavy atom. The second-order valence-corrected chi connectivity index (χ2v) is 7.76. The van der Waals surface area contributed by atoms with Gasteiger partial charge in [0.25, 0.3) is 0 Å². The van der Waals surface area contributed by atoms with E-state index in [-0.39, 0.29) is 0 Å². The fraction of sp³-hybridized carbons (Fsp3) is 0. The molecule has 0 amide bonds. The number of rotatable bonds is 0. The summed E-state index contributed by atoms with van der Waals surface area (Å²) in [5.74, 6) is 0. The molecule has 6 rings (SSSR count). The van der Waals surface area contributed by atoms with E-state index >= 15 is 0 Å². The van der Waals surface area contributed by atoms with Gasteiger partial charge in [-0.25, -0.2) is 0 Å². The van der Waals surface area contributed by atoms with Gasteiger partial charge in [0.2, 0.25) is 0 Å². The third-order valence-electron chi connectivity index (χ3n) is 5.26. The number of thiophene rings is 1. The highest BCUT2D eigenvalue weighted by Crippen LogP contribution is 2.51. The first kappa shape index (κ1) is 12.8. The van der Waals surface area contributed by atoms with Crippen LogP contribution in [0.15, 0.2) is 66.7 Å². The smallest absolute Gasteiger partial charge is 0.135 e. The maximum atomic E-state index is 2.41. The van der Waals surface area contributed by atoms with Crippen LogP contribution in [-0.2, 0) is 0 Å². The van der Waals surface area contributed by atoms with Crippen LogP contribution >= 0.6 is 11.3 Å². The van der Waals surface area contributed by atoms with Gasteiger partial charge in [0, 0.05) is 20.2 Å². The van der Waals surface area contributed by atoms with E-state index in [4.69, 9.17) is 0 Å². The first-order valence-electron chi connectivity index (χ1n) is 8.29. The summed E-state index contributed by atoms with van der Waals surface area (Å²) < 4.78 is 2.79. The third-order valence-corrected chi connectivity index (χ3v) is 6.36. The molecule has 0 N–H and O–H groups in total. The van der Waals surface area contributed by atoms with E-state index in [0.717, 1.165) is 0 Å². The minimum absolute atomic E-state index is 1.33. The van der Waals surface area contributed by atoms with Crippen LogP contribution in [0.25, 0.3) is 53.2 Å². The summed E-state index contributed by atoms with van der Waals surface area (Å²) in [6.45, 7) is 0. The van der Waals surface area contributed by atoms with Crippen molar-refractivity contribution in [2.75, 3.05) is 0 Å². The van der Waals surface area contributed by atoms with Crippen LogP contribution in [0.3, 0.4) is 0 Å². The van der Waals surface area contributed by atoms with Crippen LogP contribution in [0.2, 0.25) is 0 Å². The summed E-state index contributed by atoms with van der Waals surface area (Å²) in [6, 6.07) is 24.8. The maximum absolute atomic E-state index is 2.41. The Morgan fingerprint density at radius 2 is 1.38 bits per heavy atom. The minimum atomic E-state index is 1.33. The second-order valence-electron chi connectivity index (χ2n) is 6.67. The molecule has 1 aromatic heterocycles. The summed E-state index contributed by atoms with van der Waals surface area (Å²) in [6.07, 6.45) is 0. The Morgan fingerprint density at radius 1 is 0.583 bits per heavy atom. The number of hydrogen-bond donors (Lipinski definition) is 0. The molecule has 0 unspecified atom stereocenters. The van der Waals surface area contributed by atoms with Gasteiger partial charge in [-0.05, 0) is 39.1 Å². The lowest BCUT2D eigenvalue weighted by Gasteiger charge is -2.05. The highest BCUT2D eigenvalue weighted by molar-refractivity contribution is 7.26. The second kappa shape index (κ2) is 4.28. The molecule has 110 valence electrons. The quantitative estimate of drug-likeness (QED) is 0.341. The van der Waals surface area contributed by atoms with Crippen molar-refractivity contribution in [3.8, 4) is 22.3 Å². The van der Waals surface area contributed by atoms with E-state index < -0.39 is 0 Å². The van der Waals surface area contributed by atoms with Gasteiger partial charge in [-0.1, -0.05) is 66.1 Å². The van der Waals surface area contributed by atoms with E-state index in [0.29, 0.717) is 0 Å². The molecule has 2 heteroatoms. The highest BCUT2D eigenvalue weighted by atomic mass is 32.1. The van der Waals surface area contributed by atoms with Crippen molar-refractivity contribution in [2.24, 2.45) is 0 Å². The molecule has 0 fully saturated rings. The summed E-state index contributed by atoms with van der Waals surface area (Å²) in [5, 5.41) is 5.63. The van der Waals surface area contributed by atoms with Crippen molar-refractivity contribution < 1.29 is 0 Å². The molecule has 1 aliphatic carbocycles. The Labute approximate surface area is 144 Å². The first-order valence-corrected chi connectivity index (χ1v) is 9.11. The molecule has 0 radical (unpaired) electrons. The zero-order valence-electron chi connectivity index (χ0n) is 13.3. The normalized spacial score (nSPS) is 12.3. The lowest BCUT2D eigenvalue weighted by atomic mass is 9.94. The zero-order valence-corrected chi connectivity index (χ0v) is 14.1. The molecule has 0 bridgehead atoms. The molecule has 4 aromatic carbocycles. The van der Waals surface area contributed by atoms with E-state index in [2.05, 4.69) is 74.6 Å². The predicted octanol–water partition coefficient (Wildman–Crippen LogP) is 5.11. The van der Waals surface area contributed by atoms with Crippen LogP contribution in [0, 0.1) is 0 Å². The fourth-order valence-corrected chi connectivity index (χ4v) is 5.51. The number of benzene rings is 4. The van der Waals surface area contributed by atoms with Crippen LogP contribution in [0.4, 0.5) is 0 Å². The van der Waals surface area contributed by atoms with Gasteiger partial charge >= 0.3 is 0 Å². The maximum Gasteiger partial charge on any atom is 0.139 e. The van der Waals surface area contributed by atoms with Crippen LogP contribution in [-0.4, -0.2) is 7.85 Å². The van der Waals surface area contributed by atoms with Gasteiger partial charge in [0.05, 0.1) is 0 Å². The Hall–Kier alpha value is -2.58. The SMILES string of the molecule is Bc1ccc2c(c1)sc1cc3c4c(cccc4c12)-c1ccccc1-3. The van der Waals surface area contributed by atoms with Crippen molar-refractivity contribution in [3.05, 3.63) is 66.7 Å². The molecule has 24 heavy (non-hydrogen) atoms. The molecule has 1 aliphatic rings. The van der Waals surface area contributed by atoms with Crippen molar-refractivity contribution in [3.63, 3.8) is 0 Å². The van der Waals surface area contributed by atoms with Crippen molar-refractivity contribution in [1.82, 2.24) is 0 Å². The summed E-state index contributed by atoms with van der Waals surface area (Å²) >= 11 is 1.92. The molecular weight excluding hydrogens is 307 g/mol. The van der Waals surface area contributed by atoms with Crippen molar-refractivity contribution >= 4 is 55.6 Å². The van der Waals surface area contributed by atoms with E-state index in [9.17, 15) is 0 Å². The van der Waals surface area contributed by atoms with Gasteiger partial charge < -0.3 is 0 Å². The number of fused-ring (bicyclic) bond motifs is 7. The third kappa shape index (κ3) is 1.45. The molecule has 0 saturated heterocycles. The lowest BCUT2D eigenvalue weighted by Crippen LogP contribution is -1.98. The topological polar surface area (TPSA) is 0 Å². The summed E-state index contributed by atoms with van der Waals surface area (Å²) in [7, 11) is 2.17. The van der Waals surface area contributed by atoms with Crippen molar-refractivity contribution in [2.45, 2.75) is 0 Å². The van der Waals surface area contributed by atoms with E-state index in [1.807, 2.05) is 11.3 Å². The van der Waals surface area contributed by atoms with Gasteiger partial charge in [-0.3, -0.25) is 0 Å². The summed E-state index contributed by atoms with van der Waals surface area (Å²) in [5.41, 5.74) is 6.85. The molecule has 1 heterocycles. The molecule has 5 aromatic rings. The monoisotopic (exact) mass is 320 g/mol. The molecule has 0 spiro atoms. The Bertz CT molecular complexity index is 1310. The van der Waals surface area contributed by atoms with Crippen LogP contribution in [0.5, 0.6) is 0 Å². The Balaban J connectivity index is 1.91. The van der Waals surface area contributed by atoms with Crippen molar-refractivity contribution in [1.29, 1.82) is 0 Å². The fourth-order valence-electron chi connectivity index (χ4n) is 4.25. The molecule has 0 atom stereocenters. The first-order chi connectivity index (χ1) is 11.8. The van der Waals surface area contributed by atoms with Gasteiger partial charge in [-0.2, -0.15) is 0 Å².